The van der Waals surface area contributed by atoms with Crippen LogP contribution in [0.25, 0.3) is 0 Å². The SMILES string of the molecule is Fc1ccc2c(c1)SCC1CCCNC21. The molecule has 2 atom stereocenters. The van der Waals surface area contributed by atoms with Gasteiger partial charge in [0, 0.05) is 16.7 Å². The number of piperidine rings is 1. The molecule has 1 nitrogen and oxygen atoms in total. The first-order valence-electron chi connectivity index (χ1n) is 5.50. The van der Waals surface area contributed by atoms with Gasteiger partial charge in [0.1, 0.15) is 5.82 Å². The lowest BCUT2D eigenvalue weighted by Crippen LogP contribution is -2.37. The van der Waals surface area contributed by atoms with Crippen molar-refractivity contribution < 1.29 is 4.39 Å². The van der Waals surface area contributed by atoms with E-state index in [1.807, 2.05) is 17.8 Å². The fraction of sp³-hybridized carbons (Fsp3) is 0.500. The van der Waals surface area contributed by atoms with Crippen LogP contribution in [-0.2, 0) is 0 Å². The lowest BCUT2D eigenvalue weighted by atomic mass is 9.87. The van der Waals surface area contributed by atoms with Crippen LogP contribution in [0.1, 0.15) is 24.4 Å². The van der Waals surface area contributed by atoms with Gasteiger partial charge in [0.2, 0.25) is 0 Å². The molecule has 0 spiro atoms. The van der Waals surface area contributed by atoms with Crippen molar-refractivity contribution in [2.24, 2.45) is 5.92 Å². The molecule has 2 heterocycles. The monoisotopic (exact) mass is 223 g/mol. The van der Waals surface area contributed by atoms with Crippen LogP contribution in [0.15, 0.2) is 23.1 Å². The highest BCUT2D eigenvalue weighted by molar-refractivity contribution is 7.99. The van der Waals surface area contributed by atoms with E-state index >= 15 is 0 Å². The Balaban J connectivity index is 1.99. The number of hydrogen-bond acceptors (Lipinski definition) is 2. The van der Waals surface area contributed by atoms with Crippen LogP contribution in [0.2, 0.25) is 0 Å². The molecule has 1 aromatic carbocycles. The highest BCUT2D eigenvalue weighted by Gasteiger charge is 2.31. The van der Waals surface area contributed by atoms with Crippen LogP contribution in [0.4, 0.5) is 4.39 Å². The molecule has 0 radical (unpaired) electrons. The van der Waals surface area contributed by atoms with Gasteiger partial charge in [-0.25, -0.2) is 4.39 Å². The zero-order chi connectivity index (χ0) is 10.3. The van der Waals surface area contributed by atoms with Gasteiger partial charge in [-0.3, -0.25) is 0 Å². The number of halogens is 1. The Kier molecular flexibility index (Phi) is 2.45. The molecule has 0 bridgehead atoms. The summed E-state index contributed by atoms with van der Waals surface area (Å²) in [6.45, 7) is 1.10. The minimum atomic E-state index is -0.115. The van der Waals surface area contributed by atoms with Crippen LogP contribution < -0.4 is 5.32 Å². The van der Waals surface area contributed by atoms with E-state index in [4.69, 9.17) is 0 Å². The van der Waals surface area contributed by atoms with E-state index in [2.05, 4.69) is 5.32 Å². The maximum Gasteiger partial charge on any atom is 0.124 e. The molecule has 3 heteroatoms. The van der Waals surface area contributed by atoms with Crippen molar-refractivity contribution in [3.05, 3.63) is 29.6 Å². The van der Waals surface area contributed by atoms with Gasteiger partial charge < -0.3 is 5.32 Å². The van der Waals surface area contributed by atoms with Gasteiger partial charge in [0.05, 0.1) is 0 Å². The molecule has 0 amide bonds. The maximum absolute atomic E-state index is 13.1. The third-order valence-corrected chi connectivity index (χ3v) is 4.61. The molecule has 1 fully saturated rings. The molecule has 1 aromatic rings. The number of rotatable bonds is 0. The number of nitrogens with one attached hydrogen (secondary N) is 1. The summed E-state index contributed by atoms with van der Waals surface area (Å²) in [5, 5.41) is 3.56. The minimum Gasteiger partial charge on any atom is -0.310 e. The predicted octanol–water partition coefficient (Wildman–Crippen LogP) is 2.97. The fourth-order valence-electron chi connectivity index (χ4n) is 2.59. The second-order valence-corrected chi connectivity index (χ2v) is 5.39. The number of benzene rings is 1. The first kappa shape index (κ1) is 9.67. The molecular formula is C12H14FNS. The molecule has 80 valence electrons. The smallest absolute Gasteiger partial charge is 0.124 e. The van der Waals surface area contributed by atoms with Crippen LogP contribution in [-0.4, -0.2) is 12.3 Å². The highest BCUT2D eigenvalue weighted by Crippen LogP contribution is 2.42. The van der Waals surface area contributed by atoms with Gasteiger partial charge in [-0.2, -0.15) is 0 Å². The summed E-state index contributed by atoms with van der Waals surface area (Å²) in [7, 11) is 0. The highest BCUT2D eigenvalue weighted by atomic mass is 32.2. The molecule has 1 N–H and O–H groups in total. The van der Waals surface area contributed by atoms with Gasteiger partial charge >= 0.3 is 0 Å². The molecule has 0 aliphatic carbocycles. The summed E-state index contributed by atoms with van der Waals surface area (Å²) in [4.78, 5) is 1.13. The Morgan fingerprint density at radius 2 is 2.33 bits per heavy atom. The predicted molar refractivity (Wildman–Crippen MR) is 60.6 cm³/mol. The van der Waals surface area contributed by atoms with E-state index < -0.39 is 0 Å². The number of thioether (sulfide) groups is 1. The second kappa shape index (κ2) is 3.80. The van der Waals surface area contributed by atoms with Gasteiger partial charge in [0.25, 0.3) is 0 Å². The average Bonchev–Trinajstić information content (AvgIpc) is 2.28. The Bertz CT molecular complexity index is 380. The quantitative estimate of drug-likeness (QED) is 0.725. The maximum atomic E-state index is 13.1. The Morgan fingerprint density at radius 3 is 3.27 bits per heavy atom. The molecule has 0 saturated carbocycles. The molecule has 1 saturated heterocycles. The van der Waals surface area contributed by atoms with Crippen LogP contribution >= 0.6 is 11.8 Å². The van der Waals surface area contributed by atoms with Crippen molar-refractivity contribution in [2.75, 3.05) is 12.3 Å². The van der Waals surface area contributed by atoms with Crippen LogP contribution in [0.5, 0.6) is 0 Å². The number of hydrogen-bond donors (Lipinski definition) is 1. The van der Waals surface area contributed by atoms with E-state index in [9.17, 15) is 4.39 Å². The molecule has 3 rings (SSSR count). The number of fused-ring (bicyclic) bond motifs is 3. The van der Waals surface area contributed by atoms with Crippen LogP contribution in [0, 0.1) is 11.7 Å². The largest absolute Gasteiger partial charge is 0.310 e. The zero-order valence-corrected chi connectivity index (χ0v) is 9.32. The van der Waals surface area contributed by atoms with Crippen molar-refractivity contribution in [1.29, 1.82) is 0 Å². The first-order chi connectivity index (χ1) is 7.34. The standard InChI is InChI=1S/C12H14FNS/c13-9-3-4-10-11(6-9)15-7-8-2-1-5-14-12(8)10/h3-4,6,8,12,14H,1-2,5,7H2. The minimum absolute atomic E-state index is 0.115. The van der Waals surface area contributed by atoms with E-state index in [1.54, 1.807) is 12.1 Å². The summed E-state index contributed by atoms with van der Waals surface area (Å²) in [6.07, 6.45) is 2.58. The summed E-state index contributed by atoms with van der Waals surface area (Å²) in [5.41, 5.74) is 1.30. The van der Waals surface area contributed by atoms with Crippen molar-refractivity contribution in [3.8, 4) is 0 Å². The molecule has 2 aliphatic rings. The van der Waals surface area contributed by atoms with Crippen molar-refractivity contribution in [1.82, 2.24) is 5.32 Å². The summed E-state index contributed by atoms with van der Waals surface area (Å²) >= 11 is 1.81. The van der Waals surface area contributed by atoms with E-state index in [0.717, 1.165) is 23.1 Å². The fourth-order valence-corrected chi connectivity index (χ4v) is 3.90. The molecular weight excluding hydrogens is 209 g/mol. The molecule has 15 heavy (non-hydrogen) atoms. The lowest BCUT2D eigenvalue weighted by Gasteiger charge is -2.37. The van der Waals surface area contributed by atoms with Crippen LogP contribution in [0.3, 0.4) is 0 Å². The average molecular weight is 223 g/mol. The third-order valence-electron chi connectivity index (χ3n) is 3.35. The second-order valence-electron chi connectivity index (χ2n) is 4.33. The summed E-state index contributed by atoms with van der Waals surface area (Å²) < 4.78 is 13.1. The van der Waals surface area contributed by atoms with E-state index in [0.29, 0.717) is 6.04 Å². The summed E-state index contributed by atoms with van der Waals surface area (Å²) in [5.74, 6) is 1.76. The first-order valence-corrected chi connectivity index (χ1v) is 6.49. The molecule has 2 aliphatic heterocycles. The third kappa shape index (κ3) is 1.68. The topological polar surface area (TPSA) is 12.0 Å². The normalized spacial score (nSPS) is 29.4. The zero-order valence-electron chi connectivity index (χ0n) is 8.50. The van der Waals surface area contributed by atoms with Crippen molar-refractivity contribution in [2.45, 2.75) is 23.8 Å². The van der Waals surface area contributed by atoms with Gasteiger partial charge in [-0.15, -0.1) is 11.8 Å². The lowest BCUT2D eigenvalue weighted by molar-refractivity contribution is 0.303. The molecule has 2 unspecified atom stereocenters. The van der Waals surface area contributed by atoms with Crippen molar-refractivity contribution in [3.63, 3.8) is 0 Å². The van der Waals surface area contributed by atoms with Gasteiger partial charge in [0.15, 0.2) is 0 Å². The van der Waals surface area contributed by atoms with Crippen molar-refractivity contribution >= 4 is 11.8 Å². The van der Waals surface area contributed by atoms with E-state index in [1.165, 1.54) is 18.4 Å². The van der Waals surface area contributed by atoms with Gasteiger partial charge in [-0.1, -0.05) is 6.07 Å². The van der Waals surface area contributed by atoms with E-state index in [-0.39, 0.29) is 5.82 Å². The Labute approximate surface area is 93.4 Å². The molecule has 0 aromatic heterocycles. The summed E-state index contributed by atoms with van der Waals surface area (Å²) in [6, 6.07) is 5.67. The van der Waals surface area contributed by atoms with Gasteiger partial charge in [-0.05, 0) is 43.0 Å². The Hall–Kier alpha value is -0.540. The Morgan fingerprint density at radius 1 is 1.40 bits per heavy atom.